The zero-order chi connectivity index (χ0) is 20.9. The first-order valence-corrected chi connectivity index (χ1v) is 9.21. The molecule has 2 aromatic carbocycles. The number of hydrogen-bond acceptors (Lipinski definition) is 4. The summed E-state index contributed by atoms with van der Waals surface area (Å²) in [4.78, 5) is 10.6. The first-order valence-electron chi connectivity index (χ1n) is 9.21. The number of carbonyl (C=O) groups is 1. The summed E-state index contributed by atoms with van der Waals surface area (Å²) < 4.78 is 52.3. The minimum absolute atomic E-state index is 0.00462. The summed E-state index contributed by atoms with van der Waals surface area (Å²) in [5.41, 5.74) is 2.83. The molecule has 0 amide bonds. The van der Waals surface area contributed by atoms with Gasteiger partial charge in [0.05, 0.1) is 19.1 Å². The van der Waals surface area contributed by atoms with E-state index in [4.69, 9.17) is 14.6 Å². The number of fused-ring (bicyclic) bond motifs is 1. The molecule has 0 radical (unpaired) electrons. The summed E-state index contributed by atoms with van der Waals surface area (Å²) >= 11 is 0. The van der Waals surface area contributed by atoms with E-state index in [1.165, 1.54) is 18.2 Å². The van der Waals surface area contributed by atoms with E-state index >= 15 is 0 Å². The van der Waals surface area contributed by atoms with Crippen molar-refractivity contribution in [2.75, 3.05) is 6.61 Å². The van der Waals surface area contributed by atoms with Gasteiger partial charge < -0.3 is 19.3 Å². The highest BCUT2D eigenvalue weighted by atomic mass is 19.4. The molecule has 0 aliphatic heterocycles. The maximum absolute atomic E-state index is 12.3. The molecular weight excluding hydrogens is 389 g/mol. The Morgan fingerprint density at radius 1 is 1.10 bits per heavy atom. The number of carboxylic acids is 1. The van der Waals surface area contributed by atoms with Gasteiger partial charge in [0.15, 0.2) is 0 Å². The van der Waals surface area contributed by atoms with Gasteiger partial charge in [0.2, 0.25) is 0 Å². The number of aliphatic carboxylic acids is 1. The van der Waals surface area contributed by atoms with Crippen LogP contribution in [0.4, 0.5) is 13.2 Å². The Labute approximate surface area is 166 Å². The molecule has 0 fully saturated rings. The molecule has 2 aromatic rings. The zero-order valence-electron chi connectivity index (χ0n) is 15.6. The zero-order valence-corrected chi connectivity index (χ0v) is 15.6. The minimum atomic E-state index is -4.73. The third-order valence-corrected chi connectivity index (χ3v) is 4.57. The molecule has 8 heteroatoms. The number of halogens is 3. The molecule has 5 nitrogen and oxygen atoms in total. The quantitative estimate of drug-likeness (QED) is 0.694. The molecule has 0 heterocycles. The topological polar surface area (TPSA) is 65.0 Å². The number of benzene rings is 2. The van der Waals surface area contributed by atoms with Crippen molar-refractivity contribution in [3.63, 3.8) is 0 Å². The van der Waals surface area contributed by atoms with Gasteiger partial charge in [0, 0.05) is 0 Å². The normalized spacial score (nSPS) is 16.2. The Balaban J connectivity index is 1.55. The predicted octanol–water partition coefficient (Wildman–Crippen LogP) is 4.51. The van der Waals surface area contributed by atoms with Crippen molar-refractivity contribution in [2.24, 2.45) is 0 Å². The fourth-order valence-corrected chi connectivity index (χ4v) is 3.24. The van der Waals surface area contributed by atoms with Crippen molar-refractivity contribution in [2.45, 2.75) is 44.8 Å². The summed E-state index contributed by atoms with van der Waals surface area (Å²) in [5.74, 6) is -0.521. The fourth-order valence-electron chi connectivity index (χ4n) is 3.24. The average Bonchev–Trinajstić information content (AvgIpc) is 2.65. The van der Waals surface area contributed by atoms with Gasteiger partial charge in [0.25, 0.3) is 0 Å². The number of rotatable bonds is 8. The Morgan fingerprint density at radius 3 is 2.69 bits per heavy atom. The van der Waals surface area contributed by atoms with Gasteiger partial charge in [-0.15, -0.1) is 13.2 Å². The number of carboxylic acid groups (broad SMARTS) is 1. The number of ether oxygens (including phenoxy) is 3. The van der Waals surface area contributed by atoms with Crippen molar-refractivity contribution in [1.29, 1.82) is 0 Å². The lowest BCUT2D eigenvalue weighted by atomic mass is 9.89. The molecule has 156 valence electrons. The number of aryl methyl sites for hydroxylation is 1. The second-order valence-electron chi connectivity index (χ2n) is 6.79. The number of hydrogen-bond donors (Lipinski definition) is 1. The predicted molar refractivity (Wildman–Crippen MR) is 97.9 cm³/mol. The van der Waals surface area contributed by atoms with Crippen LogP contribution in [0.1, 0.15) is 29.5 Å². The largest absolute Gasteiger partial charge is 0.573 e. The van der Waals surface area contributed by atoms with Crippen LogP contribution in [0.2, 0.25) is 0 Å². The third kappa shape index (κ3) is 6.67. The van der Waals surface area contributed by atoms with E-state index in [0.29, 0.717) is 17.7 Å². The summed E-state index contributed by atoms with van der Waals surface area (Å²) in [6.07, 6.45) is -2.43. The van der Waals surface area contributed by atoms with Crippen LogP contribution in [0.15, 0.2) is 42.5 Å². The molecule has 1 unspecified atom stereocenters. The van der Waals surface area contributed by atoms with Crippen LogP contribution in [0.3, 0.4) is 0 Å². The van der Waals surface area contributed by atoms with Crippen LogP contribution in [0.5, 0.6) is 11.5 Å². The Morgan fingerprint density at radius 2 is 1.93 bits per heavy atom. The SMILES string of the molecule is O=C(O)CCOC1CCc2cc(OCc3cccc(OC(F)(F)F)c3)ccc2C1. The monoisotopic (exact) mass is 410 g/mol. The van der Waals surface area contributed by atoms with Crippen molar-refractivity contribution in [3.05, 3.63) is 59.2 Å². The summed E-state index contributed by atoms with van der Waals surface area (Å²) in [6, 6.07) is 11.4. The van der Waals surface area contributed by atoms with Gasteiger partial charge in [-0.1, -0.05) is 18.2 Å². The lowest BCUT2D eigenvalue weighted by Gasteiger charge is -2.25. The van der Waals surface area contributed by atoms with Gasteiger partial charge in [-0.3, -0.25) is 4.79 Å². The maximum Gasteiger partial charge on any atom is 0.573 e. The first kappa shape index (κ1) is 21.0. The molecular formula is C21H21F3O5. The summed E-state index contributed by atoms with van der Waals surface area (Å²) in [5, 5.41) is 8.68. The molecule has 3 rings (SSSR count). The average molecular weight is 410 g/mol. The second-order valence-corrected chi connectivity index (χ2v) is 6.79. The molecule has 0 saturated heterocycles. The Bertz CT molecular complexity index is 850. The highest BCUT2D eigenvalue weighted by Crippen LogP contribution is 2.28. The Hall–Kier alpha value is -2.74. The molecule has 1 atom stereocenters. The second kappa shape index (κ2) is 9.17. The molecule has 1 aliphatic rings. The smallest absolute Gasteiger partial charge is 0.489 e. The molecule has 0 saturated carbocycles. The minimum Gasteiger partial charge on any atom is -0.489 e. The molecule has 1 aliphatic carbocycles. The van der Waals surface area contributed by atoms with Crippen LogP contribution in [-0.4, -0.2) is 30.1 Å². The lowest BCUT2D eigenvalue weighted by Crippen LogP contribution is -2.23. The van der Waals surface area contributed by atoms with Crippen molar-refractivity contribution >= 4 is 5.97 Å². The molecule has 0 bridgehead atoms. The molecule has 0 aromatic heterocycles. The molecule has 1 N–H and O–H groups in total. The first-order chi connectivity index (χ1) is 13.8. The highest BCUT2D eigenvalue weighted by Gasteiger charge is 2.31. The third-order valence-electron chi connectivity index (χ3n) is 4.57. The van der Waals surface area contributed by atoms with E-state index in [0.717, 1.165) is 24.0 Å². The van der Waals surface area contributed by atoms with Gasteiger partial charge in [-0.2, -0.15) is 0 Å². The van der Waals surface area contributed by atoms with Crippen LogP contribution >= 0.6 is 0 Å². The van der Waals surface area contributed by atoms with E-state index in [2.05, 4.69) is 4.74 Å². The van der Waals surface area contributed by atoms with Crippen LogP contribution < -0.4 is 9.47 Å². The van der Waals surface area contributed by atoms with E-state index in [1.54, 1.807) is 6.07 Å². The van der Waals surface area contributed by atoms with Gasteiger partial charge >= 0.3 is 12.3 Å². The maximum atomic E-state index is 12.3. The van der Waals surface area contributed by atoms with Gasteiger partial charge in [0.1, 0.15) is 18.1 Å². The number of alkyl halides is 3. The summed E-state index contributed by atoms with van der Waals surface area (Å²) in [7, 11) is 0. The molecule has 0 spiro atoms. The van der Waals surface area contributed by atoms with E-state index in [1.807, 2.05) is 18.2 Å². The van der Waals surface area contributed by atoms with Crippen molar-refractivity contribution < 1.29 is 37.3 Å². The van der Waals surface area contributed by atoms with Crippen LogP contribution in [0.25, 0.3) is 0 Å². The standard InChI is InChI=1S/C21H21F3O5/c22-21(23,24)29-19-3-1-2-14(10-19)13-28-18-7-5-15-11-17(6-4-16(15)12-18)27-9-8-20(25)26/h1-3,5,7,10,12,17H,4,6,8-9,11,13H2,(H,25,26). The van der Waals surface area contributed by atoms with Gasteiger partial charge in [-0.05, 0) is 60.2 Å². The van der Waals surface area contributed by atoms with Gasteiger partial charge in [-0.25, -0.2) is 0 Å². The van der Waals surface area contributed by atoms with E-state index in [-0.39, 0.29) is 31.5 Å². The van der Waals surface area contributed by atoms with Crippen LogP contribution in [-0.2, 0) is 29.0 Å². The lowest BCUT2D eigenvalue weighted by molar-refractivity contribution is -0.274. The fraction of sp³-hybridized carbons (Fsp3) is 0.381. The summed E-state index contributed by atoms with van der Waals surface area (Å²) in [6.45, 7) is 0.322. The molecule has 29 heavy (non-hydrogen) atoms. The van der Waals surface area contributed by atoms with E-state index < -0.39 is 12.3 Å². The van der Waals surface area contributed by atoms with E-state index in [9.17, 15) is 18.0 Å². The highest BCUT2D eigenvalue weighted by molar-refractivity contribution is 5.66. The van der Waals surface area contributed by atoms with Crippen molar-refractivity contribution in [3.8, 4) is 11.5 Å². The Kier molecular flexibility index (Phi) is 6.64. The van der Waals surface area contributed by atoms with Crippen LogP contribution in [0, 0.1) is 0 Å². The van der Waals surface area contributed by atoms with Crippen molar-refractivity contribution in [1.82, 2.24) is 0 Å².